The fraction of sp³-hybridized carbons (Fsp3) is 0.474. The number of nitrogens with one attached hydrogen (secondary N) is 1. The van der Waals surface area contributed by atoms with Gasteiger partial charge < -0.3 is 9.88 Å². The molecule has 0 aliphatic heterocycles. The maximum absolute atomic E-state index is 12.3. The summed E-state index contributed by atoms with van der Waals surface area (Å²) in [6, 6.07) is 8.31. The van der Waals surface area contributed by atoms with Crippen LogP contribution in [0.3, 0.4) is 0 Å². The van der Waals surface area contributed by atoms with Gasteiger partial charge in [0.2, 0.25) is 5.91 Å². The van der Waals surface area contributed by atoms with E-state index < -0.39 is 0 Å². The second-order valence-electron chi connectivity index (χ2n) is 6.53. The number of benzene rings is 1. The van der Waals surface area contributed by atoms with E-state index in [1.807, 2.05) is 38.2 Å². The van der Waals surface area contributed by atoms with E-state index in [2.05, 4.69) is 15.3 Å². The normalized spacial score (nSPS) is 16.3. The minimum atomic E-state index is 0.0157. The van der Waals surface area contributed by atoms with Gasteiger partial charge in [-0.1, -0.05) is 37.5 Å². The van der Waals surface area contributed by atoms with Gasteiger partial charge in [0.15, 0.2) is 4.80 Å². The van der Waals surface area contributed by atoms with Gasteiger partial charge in [-0.05, 0) is 31.4 Å². The number of carbonyl (C=O) groups is 1. The summed E-state index contributed by atoms with van der Waals surface area (Å²) in [4.78, 5) is 18.3. The van der Waals surface area contributed by atoms with Crippen molar-refractivity contribution in [1.82, 2.24) is 4.57 Å². The Labute approximate surface area is 147 Å². The van der Waals surface area contributed by atoms with Crippen molar-refractivity contribution in [3.63, 3.8) is 0 Å². The summed E-state index contributed by atoms with van der Waals surface area (Å²) >= 11 is 1.64. The highest BCUT2D eigenvalue weighted by Crippen LogP contribution is 2.20. The van der Waals surface area contributed by atoms with Crippen molar-refractivity contribution in [3.8, 4) is 0 Å². The maximum atomic E-state index is 12.3. The third-order valence-corrected chi connectivity index (χ3v) is 5.63. The first kappa shape index (κ1) is 17.0. The number of amides is 1. The first-order valence-corrected chi connectivity index (χ1v) is 9.54. The monoisotopic (exact) mass is 343 g/mol. The highest BCUT2D eigenvalue weighted by molar-refractivity contribution is 7.07. The standard InChI is InChI=1S/C19H25N3OS/c1-14-8-6-7-11-17(14)21-18(23)12-16-13-24-19(22(16)2)20-15-9-4-3-5-10-15/h6-8,11,13,15H,3-5,9-10,12H2,1-2H3,(H,21,23). The largest absolute Gasteiger partial charge is 0.326 e. The molecule has 0 atom stereocenters. The predicted molar refractivity (Wildman–Crippen MR) is 99.2 cm³/mol. The van der Waals surface area contributed by atoms with E-state index in [0.717, 1.165) is 21.7 Å². The Bertz CT molecular complexity index is 769. The Kier molecular flexibility index (Phi) is 5.51. The molecule has 1 saturated carbocycles. The van der Waals surface area contributed by atoms with E-state index in [-0.39, 0.29) is 5.91 Å². The molecule has 1 aliphatic rings. The molecule has 24 heavy (non-hydrogen) atoms. The van der Waals surface area contributed by atoms with Crippen molar-refractivity contribution in [3.05, 3.63) is 45.7 Å². The van der Waals surface area contributed by atoms with Crippen LogP contribution in [0.15, 0.2) is 34.6 Å². The smallest absolute Gasteiger partial charge is 0.230 e. The van der Waals surface area contributed by atoms with Crippen LogP contribution in [0.25, 0.3) is 0 Å². The molecule has 1 N–H and O–H groups in total. The van der Waals surface area contributed by atoms with Crippen LogP contribution in [0.5, 0.6) is 0 Å². The second kappa shape index (κ2) is 7.79. The molecule has 0 unspecified atom stereocenters. The van der Waals surface area contributed by atoms with Gasteiger partial charge in [0.05, 0.1) is 12.5 Å². The summed E-state index contributed by atoms with van der Waals surface area (Å²) in [6.45, 7) is 2.00. The average Bonchev–Trinajstić information content (AvgIpc) is 2.91. The number of rotatable bonds is 4. The molecule has 1 aromatic carbocycles. The van der Waals surface area contributed by atoms with Crippen LogP contribution in [0, 0.1) is 6.92 Å². The number of hydrogen-bond donors (Lipinski definition) is 1. The summed E-state index contributed by atoms with van der Waals surface area (Å²) in [5.41, 5.74) is 2.97. The molecule has 0 radical (unpaired) electrons. The quantitative estimate of drug-likeness (QED) is 0.901. The Balaban J connectivity index is 1.68. The minimum Gasteiger partial charge on any atom is -0.326 e. The van der Waals surface area contributed by atoms with Crippen LogP contribution in [-0.2, 0) is 18.3 Å². The molecule has 2 aromatic rings. The van der Waals surface area contributed by atoms with E-state index in [9.17, 15) is 4.79 Å². The molecule has 1 aliphatic carbocycles. The molecule has 0 saturated heterocycles. The number of aromatic nitrogens is 1. The van der Waals surface area contributed by atoms with Crippen molar-refractivity contribution < 1.29 is 4.79 Å². The van der Waals surface area contributed by atoms with Crippen LogP contribution < -0.4 is 10.1 Å². The van der Waals surface area contributed by atoms with E-state index in [4.69, 9.17) is 4.99 Å². The zero-order valence-electron chi connectivity index (χ0n) is 14.4. The number of hydrogen-bond acceptors (Lipinski definition) is 3. The Hall–Kier alpha value is -1.88. The minimum absolute atomic E-state index is 0.0157. The lowest BCUT2D eigenvalue weighted by molar-refractivity contribution is -0.115. The molecule has 0 spiro atoms. The Morgan fingerprint density at radius 2 is 2.04 bits per heavy atom. The van der Waals surface area contributed by atoms with Crippen LogP contribution in [0.1, 0.15) is 43.4 Å². The SMILES string of the molecule is Cc1ccccc1NC(=O)Cc1csc(=NC2CCCCC2)n1C. The molecule has 1 fully saturated rings. The molecule has 1 heterocycles. The van der Waals surface area contributed by atoms with Crippen molar-refractivity contribution in [2.75, 3.05) is 5.32 Å². The van der Waals surface area contributed by atoms with E-state index in [0.29, 0.717) is 12.5 Å². The number of anilines is 1. The van der Waals surface area contributed by atoms with Gasteiger partial charge in [0, 0.05) is 23.8 Å². The van der Waals surface area contributed by atoms with Gasteiger partial charge in [-0.25, -0.2) is 0 Å². The predicted octanol–water partition coefficient (Wildman–Crippen LogP) is 3.81. The third kappa shape index (κ3) is 4.15. The molecule has 0 bridgehead atoms. The number of thiazole rings is 1. The summed E-state index contributed by atoms with van der Waals surface area (Å²) in [6.07, 6.45) is 6.68. The molecule has 3 rings (SSSR count). The first-order chi connectivity index (χ1) is 11.6. The summed E-state index contributed by atoms with van der Waals surface area (Å²) in [5, 5.41) is 5.05. The summed E-state index contributed by atoms with van der Waals surface area (Å²) in [7, 11) is 2.01. The van der Waals surface area contributed by atoms with Crippen LogP contribution in [-0.4, -0.2) is 16.5 Å². The van der Waals surface area contributed by atoms with Gasteiger partial charge >= 0.3 is 0 Å². The fourth-order valence-corrected chi connectivity index (χ4v) is 4.09. The van der Waals surface area contributed by atoms with Crippen LogP contribution in [0.2, 0.25) is 0 Å². The topological polar surface area (TPSA) is 46.4 Å². The average molecular weight is 343 g/mol. The molecule has 4 nitrogen and oxygen atoms in total. The lowest BCUT2D eigenvalue weighted by atomic mass is 9.96. The number of carbonyl (C=O) groups excluding carboxylic acids is 1. The molecule has 5 heteroatoms. The lowest BCUT2D eigenvalue weighted by Gasteiger charge is -2.16. The lowest BCUT2D eigenvalue weighted by Crippen LogP contribution is -2.22. The zero-order chi connectivity index (χ0) is 16.9. The summed E-state index contributed by atoms with van der Waals surface area (Å²) in [5.74, 6) is 0.0157. The fourth-order valence-electron chi connectivity index (χ4n) is 3.12. The third-order valence-electron chi connectivity index (χ3n) is 4.65. The highest BCUT2D eigenvalue weighted by Gasteiger charge is 2.13. The number of para-hydroxylation sites is 1. The second-order valence-corrected chi connectivity index (χ2v) is 7.37. The van der Waals surface area contributed by atoms with Crippen LogP contribution in [0.4, 0.5) is 5.69 Å². The summed E-state index contributed by atoms with van der Waals surface area (Å²) < 4.78 is 2.07. The van der Waals surface area contributed by atoms with Crippen molar-refractivity contribution in [2.45, 2.75) is 51.5 Å². The van der Waals surface area contributed by atoms with Crippen molar-refractivity contribution >= 4 is 22.9 Å². The number of nitrogens with zero attached hydrogens (tertiary/aromatic N) is 2. The molecule has 1 aromatic heterocycles. The van der Waals surface area contributed by atoms with Crippen LogP contribution >= 0.6 is 11.3 Å². The van der Waals surface area contributed by atoms with E-state index in [1.165, 1.54) is 32.1 Å². The van der Waals surface area contributed by atoms with Gasteiger partial charge in [0.1, 0.15) is 0 Å². The molecular formula is C19H25N3OS. The highest BCUT2D eigenvalue weighted by atomic mass is 32.1. The Morgan fingerprint density at radius 3 is 2.79 bits per heavy atom. The maximum Gasteiger partial charge on any atom is 0.230 e. The van der Waals surface area contributed by atoms with Gasteiger partial charge in [-0.3, -0.25) is 9.79 Å². The molecule has 128 valence electrons. The Morgan fingerprint density at radius 1 is 1.29 bits per heavy atom. The van der Waals surface area contributed by atoms with Gasteiger partial charge in [-0.15, -0.1) is 11.3 Å². The van der Waals surface area contributed by atoms with Gasteiger partial charge in [-0.2, -0.15) is 0 Å². The van der Waals surface area contributed by atoms with E-state index in [1.54, 1.807) is 11.3 Å². The zero-order valence-corrected chi connectivity index (χ0v) is 15.2. The number of aryl methyl sites for hydroxylation is 1. The van der Waals surface area contributed by atoms with Crippen molar-refractivity contribution in [2.24, 2.45) is 12.0 Å². The molecule has 1 amide bonds. The van der Waals surface area contributed by atoms with Crippen molar-refractivity contribution in [1.29, 1.82) is 0 Å². The van der Waals surface area contributed by atoms with E-state index >= 15 is 0 Å². The van der Waals surface area contributed by atoms with Gasteiger partial charge in [0.25, 0.3) is 0 Å². The first-order valence-electron chi connectivity index (χ1n) is 8.66. The molecular weight excluding hydrogens is 318 g/mol.